The second-order valence-corrected chi connectivity index (χ2v) is 3.44. The largest absolute Gasteiger partial charge is 0.506 e. The zero-order valence-electron chi connectivity index (χ0n) is 6.89. The third-order valence-electron chi connectivity index (χ3n) is 1.70. The number of Topliss-reactive ketones (excluding diaryl/α,β-unsaturated/α-hetero) is 1. The lowest BCUT2D eigenvalue weighted by Gasteiger charge is -2.04. The quantitative estimate of drug-likeness (QED) is 0.751. The normalized spacial score (nSPS) is 9.92. The maximum Gasteiger partial charge on any atom is 0.161 e. The molecule has 1 N–H and O–H groups in total. The van der Waals surface area contributed by atoms with E-state index in [1.54, 1.807) is 19.1 Å². The van der Waals surface area contributed by atoms with E-state index in [0.717, 1.165) is 5.56 Å². The molecule has 64 valence electrons. The lowest BCUT2D eigenvalue weighted by Crippen LogP contribution is -1.94. The summed E-state index contributed by atoms with van der Waals surface area (Å²) in [5, 5.41) is 9.44. The van der Waals surface area contributed by atoms with Gasteiger partial charge in [0, 0.05) is 5.56 Å². The SMILES string of the molecule is CC(=O)c1ccc(C)c(O)c1Br. The highest BCUT2D eigenvalue weighted by Gasteiger charge is 2.10. The minimum absolute atomic E-state index is 0.0582. The van der Waals surface area contributed by atoms with Gasteiger partial charge in [-0.2, -0.15) is 0 Å². The van der Waals surface area contributed by atoms with Gasteiger partial charge in [0.05, 0.1) is 4.47 Å². The van der Waals surface area contributed by atoms with Gasteiger partial charge in [0.1, 0.15) is 5.75 Å². The van der Waals surface area contributed by atoms with E-state index in [9.17, 15) is 9.90 Å². The number of halogens is 1. The summed E-state index contributed by atoms with van der Waals surface area (Å²) in [5.74, 6) is 0.0832. The van der Waals surface area contributed by atoms with Crippen LogP contribution in [0.1, 0.15) is 22.8 Å². The van der Waals surface area contributed by atoms with Gasteiger partial charge in [-0.3, -0.25) is 4.79 Å². The molecule has 0 fully saturated rings. The van der Waals surface area contributed by atoms with E-state index >= 15 is 0 Å². The molecule has 1 aromatic carbocycles. The van der Waals surface area contributed by atoms with Crippen molar-refractivity contribution in [2.75, 3.05) is 0 Å². The summed E-state index contributed by atoms with van der Waals surface area (Å²) >= 11 is 3.16. The molecule has 0 saturated carbocycles. The summed E-state index contributed by atoms with van der Waals surface area (Å²) in [6.07, 6.45) is 0. The molecule has 0 atom stereocenters. The van der Waals surface area contributed by atoms with Crippen LogP contribution in [0.4, 0.5) is 0 Å². The van der Waals surface area contributed by atoms with Crippen molar-refractivity contribution in [2.45, 2.75) is 13.8 Å². The van der Waals surface area contributed by atoms with Crippen LogP contribution in [0, 0.1) is 6.92 Å². The Labute approximate surface area is 79.3 Å². The fraction of sp³-hybridized carbons (Fsp3) is 0.222. The van der Waals surface area contributed by atoms with Crippen molar-refractivity contribution in [1.29, 1.82) is 0 Å². The molecule has 1 aromatic rings. The van der Waals surface area contributed by atoms with Crippen molar-refractivity contribution in [3.8, 4) is 5.75 Å². The molecule has 3 heteroatoms. The molecule has 0 amide bonds. The van der Waals surface area contributed by atoms with Crippen molar-refractivity contribution >= 4 is 21.7 Å². The topological polar surface area (TPSA) is 37.3 Å². The number of hydrogen-bond acceptors (Lipinski definition) is 2. The predicted molar refractivity (Wildman–Crippen MR) is 50.5 cm³/mol. The monoisotopic (exact) mass is 228 g/mol. The van der Waals surface area contributed by atoms with Crippen LogP contribution in [-0.2, 0) is 0 Å². The fourth-order valence-corrected chi connectivity index (χ4v) is 1.66. The number of carbonyl (C=O) groups is 1. The second-order valence-electron chi connectivity index (χ2n) is 2.65. The number of phenols is 1. The minimum atomic E-state index is -0.0582. The molecule has 12 heavy (non-hydrogen) atoms. The molecule has 1 rings (SSSR count). The lowest BCUT2D eigenvalue weighted by atomic mass is 10.1. The Morgan fingerprint density at radius 1 is 1.50 bits per heavy atom. The van der Waals surface area contributed by atoms with Crippen LogP contribution in [0.2, 0.25) is 0 Å². The van der Waals surface area contributed by atoms with E-state index in [4.69, 9.17) is 0 Å². The first kappa shape index (κ1) is 9.26. The van der Waals surface area contributed by atoms with Crippen LogP contribution >= 0.6 is 15.9 Å². The van der Waals surface area contributed by atoms with Gasteiger partial charge in [0.25, 0.3) is 0 Å². The Kier molecular flexibility index (Phi) is 2.52. The average molecular weight is 229 g/mol. The summed E-state index contributed by atoms with van der Waals surface area (Å²) in [6, 6.07) is 3.41. The van der Waals surface area contributed by atoms with E-state index in [1.807, 2.05) is 0 Å². The molecule has 0 aromatic heterocycles. The van der Waals surface area contributed by atoms with Crippen molar-refractivity contribution in [3.05, 3.63) is 27.7 Å². The molecule has 0 radical (unpaired) electrons. The summed E-state index contributed by atoms with van der Waals surface area (Å²) in [6.45, 7) is 3.25. The Bertz CT molecular complexity index is 332. The molecule has 0 spiro atoms. The van der Waals surface area contributed by atoms with Crippen LogP contribution in [0.15, 0.2) is 16.6 Å². The van der Waals surface area contributed by atoms with Crippen LogP contribution < -0.4 is 0 Å². The smallest absolute Gasteiger partial charge is 0.161 e. The minimum Gasteiger partial charge on any atom is -0.506 e. The van der Waals surface area contributed by atoms with Gasteiger partial charge < -0.3 is 5.11 Å². The van der Waals surface area contributed by atoms with Crippen LogP contribution in [0.3, 0.4) is 0 Å². The first-order chi connectivity index (χ1) is 5.54. The van der Waals surface area contributed by atoms with Gasteiger partial charge in [-0.05, 0) is 41.4 Å². The fourth-order valence-electron chi connectivity index (χ4n) is 0.933. The van der Waals surface area contributed by atoms with Crippen molar-refractivity contribution in [3.63, 3.8) is 0 Å². The number of phenolic OH excluding ortho intramolecular Hbond substituents is 1. The maximum absolute atomic E-state index is 11.0. The third-order valence-corrected chi connectivity index (χ3v) is 2.50. The van der Waals surface area contributed by atoms with Gasteiger partial charge in [-0.1, -0.05) is 6.07 Å². The molecule has 0 unspecified atom stereocenters. The Morgan fingerprint density at radius 3 is 2.58 bits per heavy atom. The summed E-state index contributed by atoms with van der Waals surface area (Å²) in [7, 11) is 0. The molecular weight excluding hydrogens is 220 g/mol. The summed E-state index contributed by atoms with van der Waals surface area (Å²) in [4.78, 5) is 11.0. The molecule has 0 aliphatic carbocycles. The zero-order chi connectivity index (χ0) is 9.30. The van der Waals surface area contributed by atoms with Crippen molar-refractivity contribution in [2.24, 2.45) is 0 Å². The third kappa shape index (κ3) is 1.50. The van der Waals surface area contributed by atoms with Crippen LogP contribution in [0.5, 0.6) is 5.75 Å². The lowest BCUT2D eigenvalue weighted by molar-refractivity contribution is 0.101. The van der Waals surface area contributed by atoms with Gasteiger partial charge in [-0.15, -0.1) is 0 Å². The number of benzene rings is 1. The number of aromatic hydroxyl groups is 1. The van der Waals surface area contributed by atoms with E-state index < -0.39 is 0 Å². The van der Waals surface area contributed by atoms with E-state index in [1.165, 1.54) is 6.92 Å². The van der Waals surface area contributed by atoms with Gasteiger partial charge in [0.15, 0.2) is 5.78 Å². The molecule has 0 bridgehead atoms. The number of aryl methyl sites for hydroxylation is 1. The van der Waals surface area contributed by atoms with Crippen molar-refractivity contribution in [1.82, 2.24) is 0 Å². The molecule has 2 nitrogen and oxygen atoms in total. The Balaban J connectivity index is 3.36. The molecule has 0 heterocycles. The van der Waals surface area contributed by atoms with E-state index in [-0.39, 0.29) is 11.5 Å². The highest BCUT2D eigenvalue weighted by atomic mass is 79.9. The van der Waals surface area contributed by atoms with Gasteiger partial charge >= 0.3 is 0 Å². The molecule has 0 aliphatic heterocycles. The zero-order valence-corrected chi connectivity index (χ0v) is 8.47. The number of carbonyl (C=O) groups excluding carboxylic acids is 1. The summed E-state index contributed by atoms with van der Waals surface area (Å²) < 4.78 is 0.481. The molecule has 0 saturated heterocycles. The molecule has 0 aliphatic rings. The van der Waals surface area contributed by atoms with Gasteiger partial charge in [-0.25, -0.2) is 0 Å². The first-order valence-electron chi connectivity index (χ1n) is 3.53. The van der Waals surface area contributed by atoms with E-state index in [0.29, 0.717) is 10.0 Å². The predicted octanol–water partition coefficient (Wildman–Crippen LogP) is 2.67. The Morgan fingerprint density at radius 2 is 2.08 bits per heavy atom. The average Bonchev–Trinajstić information content (AvgIpc) is 2.00. The maximum atomic E-state index is 11.0. The second kappa shape index (κ2) is 3.27. The number of hydrogen-bond donors (Lipinski definition) is 1. The number of rotatable bonds is 1. The highest BCUT2D eigenvalue weighted by molar-refractivity contribution is 9.10. The summed E-state index contributed by atoms with van der Waals surface area (Å²) in [5.41, 5.74) is 1.27. The highest BCUT2D eigenvalue weighted by Crippen LogP contribution is 2.30. The standard InChI is InChI=1S/C9H9BrO2/c1-5-3-4-7(6(2)11)8(10)9(5)12/h3-4,12H,1-2H3. The van der Waals surface area contributed by atoms with Crippen LogP contribution in [-0.4, -0.2) is 10.9 Å². The van der Waals surface area contributed by atoms with Gasteiger partial charge in [0.2, 0.25) is 0 Å². The van der Waals surface area contributed by atoms with E-state index in [2.05, 4.69) is 15.9 Å². The Hall–Kier alpha value is -0.830. The van der Waals surface area contributed by atoms with Crippen molar-refractivity contribution < 1.29 is 9.90 Å². The first-order valence-corrected chi connectivity index (χ1v) is 4.32. The van der Waals surface area contributed by atoms with Crippen LogP contribution in [0.25, 0.3) is 0 Å². The number of ketones is 1. The molecular formula is C9H9BrO2.